The Morgan fingerprint density at radius 2 is 1.38 bits per heavy atom. The quantitative estimate of drug-likeness (QED) is 0.0720. The molecule has 7 aliphatic heterocycles. The molecule has 36 heteroatoms. The van der Waals surface area contributed by atoms with Crippen LogP contribution < -0.4 is 46.5 Å². The number of primary amides is 1. The number of carboxylic acids is 1. The summed E-state index contributed by atoms with van der Waals surface area (Å²) in [5.41, 5.74) is -0.428. The molecule has 0 saturated carbocycles. The smallest absolute Gasteiger partial charge is 0.410 e. The Balaban J connectivity index is 1.23. The second-order valence-corrected chi connectivity index (χ2v) is 31.9. The maximum absolute atomic E-state index is 16.5. The van der Waals surface area contributed by atoms with Crippen LogP contribution in [0.1, 0.15) is 159 Å². The van der Waals surface area contributed by atoms with E-state index in [4.69, 9.17) is 55.2 Å². The number of likely N-dealkylation sites (N-methyl/N-ethyl adjacent to an activating group) is 1. The zero-order valence-electron chi connectivity index (χ0n) is 63.9. The van der Waals surface area contributed by atoms with Crippen molar-refractivity contribution >= 4 is 70.9 Å². The topological polar surface area (TPSA) is 536 Å². The molecule has 0 spiro atoms. The van der Waals surface area contributed by atoms with Crippen molar-refractivity contribution in [2.45, 2.75) is 216 Å². The molecule has 35 nitrogen and oxygen atoms in total. The van der Waals surface area contributed by atoms with Crippen LogP contribution in [0.4, 0.5) is 9.59 Å². The van der Waals surface area contributed by atoms with Gasteiger partial charge in [-0.05, 0) is 145 Å². The minimum atomic E-state index is -2.30. The molecule has 12 rings (SSSR count). The number of Topliss-reactive ketones (excluding diaryl/α,β-unsaturated/α-hetero) is 2. The van der Waals surface area contributed by atoms with Gasteiger partial charge in [-0.1, -0.05) is 49.7 Å². The van der Waals surface area contributed by atoms with Crippen molar-refractivity contribution in [3.63, 3.8) is 0 Å². The number of fused-ring (bicyclic) bond motifs is 15. The number of halogens is 1. The molecular formula is C78H94ClN7O28. The number of carbonyl (C=O) groups is 10. The summed E-state index contributed by atoms with van der Waals surface area (Å²) in [4.78, 5) is 150. The highest BCUT2D eigenvalue weighted by molar-refractivity contribution is 6.32. The number of phenols is 3. The number of hydrogen-bond acceptors (Lipinski definition) is 27. The molecule has 114 heavy (non-hydrogen) atoms. The molecule has 7 aliphatic rings. The molecule has 5 aromatic carbocycles. The van der Waals surface area contributed by atoms with Crippen LogP contribution in [-0.2, 0) is 62.0 Å². The first-order valence-corrected chi connectivity index (χ1v) is 36.9. The van der Waals surface area contributed by atoms with E-state index in [1.807, 2.05) is 0 Å². The van der Waals surface area contributed by atoms with Crippen molar-refractivity contribution in [3.05, 3.63) is 118 Å². The van der Waals surface area contributed by atoms with E-state index in [0.29, 0.717) is 0 Å². The molecule has 0 aromatic heterocycles. The number of ketones is 2. The third-order valence-corrected chi connectivity index (χ3v) is 20.1. The van der Waals surface area contributed by atoms with Crippen molar-refractivity contribution in [1.29, 1.82) is 0 Å². The predicted molar refractivity (Wildman–Crippen MR) is 397 cm³/mol. The molecule has 616 valence electrons. The van der Waals surface area contributed by atoms with Crippen LogP contribution in [0, 0.1) is 11.8 Å². The lowest BCUT2D eigenvalue weighted by Gasteiger charge is -2.46. The molecule has 18 atom stereocenters. The van der Waals surface area contributed by atoms with Gasteiger partial charge < -0.3 is 121 Å². The van der Waals surface area contributed by atoms with Gasteiger partial charge in [0.25, 0.3) is 0 Å². The number of ether oxygens (including phenoxy) is 8. The minimum absolute atomic E-state index is 0.0451. The predicted octanol–water partition coefficient (Wildman–Crippen LogP) is 4.64. The highest BCUT2D eigenvalue weighted by Crippen LogP contribution is 2.50. The summed E-state index contributed by atoms with van der Waals surface area (Å²) in [6.45, 7) is 14.9. The lowest BCUT2D eigenvalue weighted by molar-refractivity contribution is -0.277. The fourth-order valence-corrected chi connectivity index (χ4v) is 14.3. The van der Waals surface area contributed by atoms with Crippen LogP contribution in [-0.4, -0.2) is 213 Å². The number of hydrogen-bond donors (Lipinski definition) is 16. The minimum Gasteiger partial charge on any atom is -0.508 e. The summed E-state index contributed by atoms with van der Waals surface area (Å²) in [5, 5.41) is 127. The number of benzene rings is 5. The second kappa shape index (κ2) is 34.3. The number of aliphatic hydroxyl groups excluding tert-OH is 6. The molecule has 0 aliphatic carbocycles. The van der Waals surface area contributed by atoms with Crippen LogP contribution in [0.3, 0.4) is 0 Å². The summed E-state index contributed by atoms with van der Waals surface area (Å²) in [6.07, 6.45) is -24.0. The number of nitrogens with two attached hydrogens (primary N) is 1. The Morgan fingerprint density at radius 3 is 2.00 bits per heavy atom. The molecule has 7 heterocycles. The summed E-state index contributed by atoms with van der Waals surface area (Å²) in [6, 6.07) is 5.35. The van der Waals surface area contributed by atoms with Crippen LogP contribution in [0.5, 0.6) is 46.0 Å². The van der Waals surface area contributed by atoms with Gasteiger partial charge in [0.1, 0.15) is 107 Å². The largest absolute Gasteiger partial charge is 0.508 e. The maximum Gasteiger partial charge on any atom is 0.410 e. The van der Waals surface area contributed by atoms with Crippen LogP contribution in [0.25, 0.3) is 11.1 Å². The second-order valence-electron chi connectivity index (χ2n) is 31.5. The fourth-order valence-electron chi connectivity index (χ4n) is 14.1. The van der Waals surface area contributed by atoms with E-state index < -0.39 is 268 Å². The number of aromatic hydroxyl groups is 3. The summed E-state index contributed by atoms with van der Waals surface area (Å²) in [5.74, 6) is -19.5. The van der Waals surface area contributed by atoms with E-state index in [2.05, 4.69) is 26.6 Å². The normalized spacial score (nSPS) is 27.7. The number of amides is 7. The zero-order valence-corrected chi connectivity index (χ0v) is 64.7. The third kappa shape index (κ3) is 19.5. The van der Waals surface area contributed by atoms with Gasteiger partial charge in [0.05, 0.1) is 35.1 Å². The monoisotopic (exact) mass is 1610 g/mol. The number of nitrogens with zero attached hydrogens (tertiary/aromatic N) is 1. The van der Waals surface area contributed by atoms with E-state index in [9.17, 15) is 75.0 Å². The molecule has 2 fully saturated rings. The zero-order chi connectivity index (χ0) is 83.8. The van der Waals surface area contributed by atoms with Gasteiger partial charge in [0, 0.05) is 55.5 Å². The van der Waals surface area contributed by atoms with Gasteiger partial charge in [-0.25, -0.2) is 14.4 Å². The summed E-state index contributed by atoms with van der Waals surface area (Å²) in [7, 11) is 1.28. The number of alkyl carbamates (subject to hydrolysis) is 1. The van der Waals surface area contributed by atoms with Crippen LogP contribution in [0.15, 0.2) is 84.9 Å². The Hall–Kier alpha value is -10.5. The lowest BCUT2D eigenvalue weighted by Crippen LogP contribution is -2.64. The van der Waals surface area contributed by atoms with Gasteiger partial charge in [0.15, 0.2) is 35.4 Å². The number of rotatable bonds is 14. The molecule has 11 bridgehead atoms. The summed E-state index contributed by atoms with van der Waals surface area (Å²) >= 11 is 7.11. The Kier molecular flexibility index (Phi) is 25.9. The number of aliphatic carboxylic acids is 1. The summed E-state index contributed by atoms with van der Waals surface area (Å²) < 4.78 is 49.7. The average molecular weight is 1610 g/mol. The Morgan fingerprint density at radius 1 is 0.728 bits per heavy atom. The molecule has 17 N–H and O–H groups in total. The van der Waals surface area contributed by atoms with Gasteiger partial charge in [0.2, 0.25) is 41.6 Å². The standard InChI is InChI=1S/C78H94ClN7O28/c1-32(2)20-45(86(11)75(106)114-77(7,8)9)70(101)83-59-48(91)23-38(26-54(80)93)68(99)81-57-37-24-51(66(112-73-64(97)63(96)62(95)53(31-87)110-73)52(25-37)109-50-19-15-36(61(59)94)22-44(50)79)108-40-16-12-34(13-17-40)65(111-55-30-78(10,67(98)33(3)107-55)85-74(105)113-76(4,5)6)60-71(102)82-58(72(103)104)43-27-39(88)28-47(90)56(43)42-21-35(14-18-46(42)89)41(29-49(57)92)69(100)84-60/h12-19,21-22,24-25,27-28,32-33,38,41,45,53,55,57-65,67,73,87-90,94-98H,20,23,26,29-31H2,1-11H3,(H2,80,93)(H,81,99)(H,82,102)(H,83,101)(H,84,100)(H,85,105)(H,103,104)/t33?,38-,41+,45+,53?,55?,57+,58-,59-,60+,61+,62?,63?,64?,65+,67?,73?,78?/m0/s1. The SMILES string of the molecule is CC(C)C[C@H](C(=O)N[C@H]1C(=O)C[C@@H](CC(N)=O)C(=O)N[C@H]2C(=O)C[C@H]3C(=O)N[C@@H](C(=O)N[C@H](C(=O)O)c4cc(O)cc(O)c4-c4cc3ccc4O)[C@H](OC3CC(C)(NC(=O)OC(C)(C)C)C(O)C(C)O3)c3ccc(cc3)Oc3cc2cc(c3OC2OC(CO)C(O)C(O)C2O)Oc2ccc(cc2Cl)[C@H]1O)N(C)C(=O)OC(C)(C)C. The number of carbonyl (C=O) groups excluding carboxylic acids is 9. The molecule has 0 radical (unpaired) electrons. The molecule has 5 aromatic rings. The number of aliphatic hydroxyl groups is 6. The Bertz CT molecular complexity index is 4530. The van der Waals surface area contributed by atoms with Crippen molar-refractivity contribution in [2.24, 2.45) is 17.6 Å². The van der Waals surface area contributed by atoms with Crippen molar-refractivity contribution in [1.82, 2.24) is 31.5 Å². The van der Waals surface area contributed by atoms with E-state index in [1.165, 1.54) is 57.3 Å². The van der Waals surface area contributed by atoms with Gasteiger partial charge >= 0.3 is 18.2 Å². The first kappa shape index (κ1) is 85.9. The molecular weight excluding hydrogens is 1520 g/mol. The van der Waals surface area contributed by atoms with Gasteiger partial charge in [-0.2, -0.15) is 0 Å². The van der Waals surface area contributed by atoms with E-state index in [1.54, 1.807) is 55.4 Å². The molecule has 7 amide bonds. The van der Waals surface area contributed by atoms with E-state index in [0.717, 1.165) is 53.4 Å². The Labute approximate surface area is 658 Å². The van der Waals surface area contributed by atoms with Crippen molar-refractivity contribution < 1.29 is 137 Å². The highest BCUT2D eigenvalue weighted by atomic mass is 35.5. The number of nitrogens with one attached hydrogen (secondary N) is 5. The van der Waals surface area contributed by atoms with Crippen molar-refractivity contribution in [3.8, 4) is 57.1 Å². The van der Waals surface area contributed by atoms with Crippen molar-refractivity contribution in [2.75, 3.05) is 13.7 Å². The fraction of sp³-hybridized carbons (Fsp3) is 0.487. The van der Waals surface area contributed by atoms with E-state index in [-0.39, 0.29) is 45.6 Å². The van der Waals surface area contributed by atoms with E-state index >= 15 is 24.0 Å². The number of phenolic OH excluding ortho intramolecular Hbond substituents is 3. The van der Waals surface area contributed by atoms with Gasteiger partial charge in [-0.3, -0.25) is 38.5 Å². The third-order valence-electron chi connectivity index (χ3n) is 19.8. The maximum atomic E-state index is 16.5. The molecule has 2 saturated heterocycles. The van der Waals surface area contributed by atoms with Crippen LogP contribution in [0.2, 0.25) is 5.02 Å². The average Bonchev–Trinajstić information content (AvgIpc) is 0.766. The highest BCUT2D eigenvalue weighted by Gasteiger charge is 2.51. The first-order valence-electron chi connectivity index (χ1n) is 36.5. The van der Waals surface area contributed by atoms with Gasteiger partial charge in [-0.15, -0.1) is 0 Å². The lowest BCUT2D eigenvalue weighted by atomic mass is 9.84. The molecule has 9 unspecified atom stereocenters. The number of carboxylic acid groups (broad SMARTS) is 1. The first-order chi connectivity index (χ1) is 53.3. The van der Waals surface area contributed by atoms with Crippen LogP contribution >= 0.6 is 11.6 Å².